The number of ether oxygens (including phenoxy) is 1. The Hall–Kier alpha value is -2.90. The molecule has 0 aliphatic carbocycles. The Balaban J connectivity index is 2.51. The van der Waals surface area contributed by atoms with E-state index < -0.39 is 30.6 Å². The Kier molecular flexibility index (Phi) is 8.11. The minimum atomic E-state index is -0.734. The summed E-state index contributed by atoms with van der Waals surface area (Å²) in [6.07, 6.45) is -0.130. The number of carbonyl (C=O) groups excluding carboxylic acids is 4. The molecule has 3 N–H and O–H groups in total. The van der Waals surface area contributed by atoms with Gasteiger partial charge in [-0.05, 0) is 19.4 Å². The number of esters is 1. The van der Waals surface area contributed by atoms with E-state index in [0.29, 0.717) is 0 Å². The molecule has 4 amide bonds. The molecular formula is C17H23N3O5. The van der Waals surface area contributed by atoms with E-state index in [0.717, 1.165) is 5.56 Å². The van der Waals surface area contributed by atoms with Crippen LogP contribution < -0.4 is 16.0 Å². The number of carbonyl (C=O) groups is 4. The Morgan fingerprint density at radius 1 is 1.04 bits per heavy atom. The second kappa shape index (κ2) is 10.1. The normalized spacial score (nSPS) is 11.4. The average Bonchev–Trinajstić information content (AvgIpc) is 2.52. The number of amides is 4. The number of rotatable bonds is 7. The number of nitrogens with one attached hydrogen (secondary N) is 3. The molecule has 0 aromatic heterocycles. The van der Waals surface area contributed by atoms with Gasteiger partial charge in [-0.1, -0.05) is 30.3 Å². The summed E-state index contributed by atoms with van der Waals surface area (Å²) in [7, 11) is 0. The zero-order chi connectivity index (χ0) is 18.8. The van der Waals surface area contributed by atoms with Crippen LogP contribution >= 0.6 is 0 Å². The van der Waals surface area contributed by atoms with Crippen LogP contribution in [0, 0.1) is 0 Å². The van der Waals surface area contributed by atoms with Crippen molar-refractivity contribution in [1.82, 2.24) is 16.0 Å². The minimum absolute atomic E-state index is 0.125. The zero-order valence-corrected chi connectivity index (χ0v) is 14.5. The lowest BCUT2D eigenvalue weighted by Crippen LogP contribution is -2.44. The molecule has 1 atom stereocenters. The van der Waals surface area contributed by atoms with Crippen LogP contribution in [0.5, 0.6) is 0 Å². The first-order chi connectivity index (χ1) is 11.8. The van der Waals surface area contributed by atoms with E-state index in [4.69, 9.17) is 4.74 Å². The summed E-state index contributed by atoms with van der Waals surface area (Å²) in [6, 6.07) is 7.61. The Morgan fingerprint density at radius 2 is 1.68 bits per heavy atom. The summed E-state index contributed by atoms with van der Waals surface area (Å²) in [5, 5.41) is 7.19. The van der Waals surface area contributed by atoms with E-state index in [1.807, 2.05) is 11.4 Å². The third-order valence-electron chi connectivity index (χ3n) is 2.99. The van der Waals surface area contributed by atoms with Crippen molar-refractivity contribution in [2.75, 3.05) is 6.61 Å². The van der Waals surface area contributed by atoms with Crippen LogP contribution in [0.25, 0.3) is 0 Å². The molecule has 0 fully saturated rings. The SMILES string of the molecule is CC(=O)N[C@@H](CC(=O)OCC(=O)NC(=O)NC(C)C)c1ccccc1. The quantitative estimate of drug-likeness (QED) is 0.636. The molecule has 1 aromatic carbocycles. The summed E-state index contributed by atoms with van der Waals surface area (Å²) in [4.78, 5) is 46.2. The molecular weight excluding hydrogens is 326 g/mol. The standard InChI is InChI=1S/C17H23N3O5/c1-11(2)18-17(24)20-15(22)10-25-16(23)9-14(19-12(3)21)13-7-5-4-6-8-13/h4-8,11,14H,9-10H2,1-3H3,(H,19,21)(H2,18,20,22,24)/t14-/m0/s1. The van der Waals surface area contributed by atoms with Crippen molar-refractivity contribution >= 4 is 23.8 Å². The minimum Gasteiger partial charge on any atom is -0.455 e. The van der Waals surface area contributed by atoms with Gasteiger partial charge < -0.3 is 15.4 Å². The van der Waals surface area contributed by atoms with Gasteiger partial charge in [-0.2, -0.15) is 0 Å². The van der Waals surface area contributed by atoms with Crippen molar-refractivity contribution in [3.63, 3.8) is 0 Å². The van der Waals surface area contributed by atoms with E-state index in [2.05, 4.69) is 10.6 Å². The zero-order valence-electron chi connectivity index (χ0n) is 14.5. The van der Waals surface area contributed by atoms with Crippen molar-refractivity contribution in [1.29, 1.82) is 0 Å². The predicted octanol–water partition coefficient (Wildman–Crippen LogP) is 1.03. The van der Waals surface area contributed by atoms with E-state index in [9.17, 15) is 19.2 Å². The molecule has 0 saturated heterocycles. The maximum absolute atomic E-state index is 11.9. The second-order valence-electron chi connectivity index (χ2n) is 5.70. The van der Waals surface area contributed by atoms with Gasteiger partial charge in [0.05, 0.1) is 12.5 Å². The van der Waals surface area contributed by atoms with E-state index in [1.54, 1.807) is 38.1 Å². The van der Waals surface area contributed by atoms with Gasteiger partial charge in [0.15, 0.2) is 6.61 Å². The van der Waals surface area contributed by atoms with Crippen molar-refractivity contribution < 1.29 is 23.9 Å². The summed E-state index contributed by atoms with van der Waals surface area (Å²) in [6.45, 7) is 4.26. The largest absolute Gasteiger partial charge is 0.455 e. The molecule has 0 radical (unpaired) electrons. The summed E-state index contributed by atoms with van der Waals surface area (Å²) >= 11 is 0. The third kappa shape index (κ3) is 8.50. The van der Waals surface area contributed by atoms with Gasteiger partial charge in [0, 0.05) is 13.0 Å². The molecule has 0 saturated carbocycles. The summed E-state index contributed by atoms with van der Waals surface area (Å²) < 4.78 is 4.86. The van der Waals surface area contributed by atoms with E-state index in [-0.39, 0.29) is 18.4 Å². The van der Waals surface area contributed by atoms with Gasteiger partial charge in [0.1, 0.15) is 0 Å². The first-order valence-corrected chi connectivity index (χ1v) is 7.86. The molecule has 0 aliphatic heterocycles. The van der Waals surface area contributed by atoms with Crippen molar-refractivity contribution in [2.24, 2.45) is 0 Å². The van der Waals surface area contributed by atoms with Gasteiger partial charge >= 0.3 is 12.0 Å². The van der Waals surface area contributed by atoms with Crippen LogP contribution in [-0.2, 0) is 19.1 Å². The van der Waals surface area contributed by atoms with Crippen LogP contribution in [0.1, 0.15) is 38.8 Å². The molecule has 1 rings (SSSR count). The third-order valence-corrected chi connectivity index (χ3v) is 2.99. The van der Waals surface area contributed by atoms with Gasteiger partial charge in [0.25, 0.3) is 5.91 Å². The van der Waals surface area contributed by atoms with Gasteiger partial charge in [-0.3, -0.25) is 19.7 Å². The number of hydrogen-bond donors (Lipinski definition) is 3. The topological polar surface area (TPSA) is 114 Å². The first kappa shape index (κ1) is 20.1. The number of imide groups is 1. The molecule has 0 heterocycles. The highest BCUT2D eigenvalue weighted by molar-refractivity contribution is 5.95. The molecule has 0 bridgehead atoms. The number of urea groups is 1. The summed E-state index contributed by atoms with van der Waals surface area (Å²) in [5.41, 5.74) is 0.746. The van der Waals surface area contributed by atoms with Crippen LogP contribution in [0.15, 0.2) is 30.3 Å². The molecule has 136 valence electrons. The van der Waals surface area contributed by atoms with Crippen LogP contribution in [0.2, 0.25) is 0 Å². The second-order valence-corrected chi connectivity index (χ2v) is 5.70. The molecule has 0 unspecified atom stereocenters. The molecule has 25 heavy (non-hydrogen) atoms. The maximum Gasteiger partial charge on any atom is 0.321 e. The van der Waals surface area contributed by atoms with Crippen LogP contribution in [0.3, 0.4) is 0 Å². The van der Waals surface area contributed by atoms with Crippen molar-refractivity contribution in [2.45, 2.75) is 39.3 Å². The fourth-order valence-corrected chi connectivity index (χ4v) is 2.02. The fraction of sp³-hybridized carbons (Fsp3) is 0.412. The number of hydrogen-bond acceptors (Lipinski definition) is 5. The Labute approximate surface area is 146 Å². The lowest BCUT2D eigenvalue weighted by molar-refractivity contribution is -0.148. The lowest BCUT2D eigenvalue weighted by atomic mass is 10.0. The number of benzene rings is 1. The predicted molar refractivity (Wildman–Crippen MR) is 90.4 cm³/mol. The molecule has 1 aromatic rings. The Bertz CT molecular complexity index is 616. The highest BCUT2D eigenvalue weighted by atomic mass is 16.5. The average molecular weight is 349 g/mol. The van der Waals surface area contributed by atoms with Gasteiger partial charge in [0.2, 0.25) is 5.91 Å². The highest BCUT2D eigenvalue weighted by Crippen LogP contribution is 2.17. The first-order valence-electron chi connectivity index (χ1n) is 7.86. The molecule has 8 heteroatoms. The maximum atomic E-state index is 11.9. The van der Waals surface area contributed by atoms with Gasteiger partial charge in [-0.25, -0.2) is 4.79 Å². The molecule has 8 nitrogen and oxygen atoms in total. The Morgan fingerprint density at radius 3 is 2.24 bits per heavy atom. The van der Waals surface area contributed by atoms with E-state index >= 15 is 0 Å². The summed E-state index contributed by atoms with van der Waals surface area (Å²) in [5.74, 6) is -1.69. The molecule has 0 spiro atoms. The van der Waals surface area contributed by atoms with Crippen LogP contribution in [-0.4, -0.2) is 36.5 Å². The lowest BCUT2D eigenvalue weighted by Gasteiger charge is -2.17. The highest BCUT2D eigenvalue weighted by Gasteiger charge is 2.19. The fourth-order valence-electron chi connectivity index (χ4n) is 2.02. The molecule has 0 aliphatic rings. The van der Waals surface area contributed by atoms with Gasteiger partial charge in [-0.15, -0.1) is 0 Å². The van der Waals surface area contributed by atoms with Crippen molar-refractivity contribution in [3.8, 4) is 0 Å². The van der Waals surface area contributed by atoms with Crippen molar-refractivity contribution in [3.05, 3.63) is 35.9 Å². The smallest absolute Gasteiger partial charge is 0.321 e. The van der Waals surface area contributed by atoms with Crippen LogP contribution in [0.4, 0.5) is 4.79 Å². The van der Waals surface area contributed by atoms with E-state index in [1.165, 1.54) is 6.92 Å². The monoisotopic (exact) mass is 349 g/mol.